The average molecular weight is 429 g/mol. The van der Waals surface area contributed by atoms with E-state index in [9.17, 15) is 13.2 Å². The maximum absolute atomic E-state index is 13.0. The van der Waals surface area contributed by atoms with E-state index in [-0.39, 0.29) is 10.5 Å². The van der Waals surface area contributed by atoms with Crippen LogP contribution >= 0.6 is 11.6 Å². The fourth-order valence-electron chi connectivity index (χ4n) is 2.92. The van der Waals surface area contributed by atoms with E-state index in [4.69, 9.17) is 11.6 Å². The van der Waals surface area contributed by atoms with Gasteiger partial charge in [0.05, 0.1) is 21.3 Å². The summed E-state index contributed by atoms with van der Waals surface area (Å²) in [5.74, 6) is -0.443. The lowest BCUT2D eigenvalue weighted by Crippen LogP contribution is -2.17. The number of carbonyl (C=O) groups excluding carboxylic acids is 1. The molecule has 0 saturated carbocycles. The van der Waals surface area contributed by atoms with Crippen molar-refractivity contribution in [1.29, 1.82) is 0 Å². The zero-order chi connectivity index (χ0) is 21.2. The van der Waals surface area contributed by atoms with Gasteiger partial charge in [0.25, 0.3) is 15.9 Å². The van der Waals surface area contributed by atoms with Gasteiger partial charge in [0.1, 0.15) is 0 Å². The SMILES string of the molecule is Cc1ccc(NS(=O)(=O)c2cc(C(=O)Nc3ccccc3Cl)ccc2C)c(C)c1. The van der Waals surface area contributed by atoms with E-state index in [2.05, 4.69) is 10.0 Å². The Morgan fingerprint density at radius 2 is 1.59 bits per heavy atom. The smallest absolute Gasteiger partial charge is 0.262 e. The zero-order valence-corrected chi connectivity index (χ0v) is 17.9. The van der Waals surface area contributed by atoms with Gasteiger partial charge in [-0.1, -0.05) is 47.5 Å². The average Bonchev–Trinajstić information content (AvgIpc) is 2.66. The van der Waals surface area contributed by atoms with Crippen molar-refractivity contribution in [2.45, 2.75) is 25.7 Å². The predicted octanol–water partition coefficient (Wildman–Crippen LogP) is 5.32. The number of carbonyl (C=O) groups is 1. The summed E-state index contributed by atoms with van der Waals surface area (Å²) in [5.41, 5.74) is 3.57. The normalized spacial score (nSPS) is 11.2. The largest absolute Gasteiger partial charge is 0.321 e. The molecule has 0 aromatic heterocycles. The van der Waals surface area contributed by atoms with E-state index in [1.807, 2.05) is 26.0 Å². The number of rotatable bonds is 5. The Bertz CT molecular complexity index is 1190. The molecule has 3 rings (SSSR count). The van der Waals surface area contributed by atoms with Crippen molar-refractivity contribution >= 4 is 38.9 Å². The van der Waals surface area contributed by atoms with Crippen LogP contribution in [0.15, 0.2) is 65.6 Å². The molecule has 0 atom stereocenters. The number of benzene rings is 3. The number of sulfonamides is 1. The van der Waals surface area contributed by atoms with Crippen LogP contribution in [0.3, 0.4) is 0 Å². The van der Waals surface area contributed by atoms with Crippen molar-refractivity contribution in [3.8, 4) is 0 Å². The molecular formula is C22H21ClN2O3S. The quantitative estimate of drug-likeness (QED) is 0.577. The molecular weight excluding hydrogens is 408 g/mol. The van der Waals surface area contributed by atoms with Crippen molar-refractivity contribution in [1.82, 2.24) is 0 Å². The number of halogens is 1. The molecule has 0 saturated heterocycles. The summed E-state index contributed by atoms with van der Waals surface area (Å²) in [7, 11) is -3.87. The van der Waals surface area contributed by atoms with E-state index in [1.54, 1.807) is 49.4 Å². The van der Waals surface area contributed by atoms with Gasteiger partial charge < -0.3 is 5.32 Å². The Morgan fingerprint density at radius 3 is 2.28 bits per heavy atom. The van der Waals surface area contributed by atoms with Crippen molar-refractivity contribution < 1.29 is 13.2 Å². The van der Waals surface area contributed by atoms with Gasteiger partial charge in [-0.2, -0.15) is 0 Å². The monoisotopic (exact) mass is 428 g/mol. The molecule has 0 heterocycles. The lowest BCUT2D eigenvalue weighted by Gasteiger charge is -2.14. The van der Waals surface area contributed by atoms with Crippen LogP contribution in [-0.2, 0) is 10.0 Å². The second kappa shape index (κ2) is 8.27. The fraction of sp³-hybridized carbons (Fsp3) is 0.136. The first kappa shape index (κ1) is 20.9. The molecule has 0 radical (unpaired) electrons. The van der Waals surface area contributed by atoms with Crippen LogP contribution in [0, 0.1) is 20.8 Å². The summed E-state index contributed by atoms with van der Waals surface area (Å²) in [6, 6.07) is 16.9. The van der Waals surface area contributed by atoms with Gasteiger partial charge in [0.15, 0.2) is 0 Å². The highest BCUT2D eigenvalue weighted by molar-refractivity contribution is 7.92. The number of aryl methyl sites for hydroxylation is 3. The lowest BCUT2D eigenvalue weighted by molar-refractivity contribution is 0.102. The summed E-state index contributed by atoms with van der Waals surface area (Å²) >= 11 is 6.08. The third-order valence-electron chi connectivity index (χ3n) is 4.49. The van der Waals surface area contributed by atoms with Gasteiger partial charge in [0.2, 0.25) is 0 Å². The van der Waals surface area contributed by atoms with Crippen LogP contribution in [0.2, 0.25) is 5.02 Å². The van der Waals surface area contributed by atoms with Gasteiger partial charge >= 0.3 is 0 Å². The molecule has 0 aliphatic carbocycles. The van der Waals surface area contributed by atoms with E-state index in [1.165, 1.54) is 6.07 Å². The Labute approximate surface area is 175 Å². The van der Waals surface area contributed by atoms with E-state index >= 15 is 0 Å². The number of para-hydroxylation sites is 1. The van der Waals surface area contributed by atoms with E-state index < -0.39 is 15.9 Å². The minimum atomic E-state index is -3.87. The van der Waals surface area contributed by atoms with Gasteiger partial charge in [-0.15, -0.1) is 0 Å². The Balaban J connectivity index is 1.91. The van der Waals surface area contributed by atoms with Crippen molar-refractivity contribution in [2.75, 3.05) is 10.0 Å². The minimum Gasteiger partial charge on any atom is -0.321 e. The second-order valence-electron chi connectivity index (χ2n) is 6.84. The maximum atomic E-state index is 13.0. The summed E-state index contributed by atoms with van der Waals surface area (Å²) < 4.78 is 28.6. The van der Waals surface area contributed by atoms with Gasteiger partial charge in [-0.3, -0.25) is 9.52 Å². The second-order valence-corrected chi connectivity index (χ2v) is 8.90. The Hall–Kier alpha value is -2.83. The van der Waals surface area contributed by atoms with E-state index in [0.29, 0.717) is 22.0 Å². The van der Waals surface area contributed by atoms with Crippen LogP contribution in [0.4, 0.5) is 11.4 Å². The topological polar surface area (TPSA) is 75.3 Å². The molecule has 2 N–H and O–H groups in total. The summed E-state index contributed by atoms with van der Waals surface area (Å²) in [4.78, 5) is 12.7. The first-order chi connectivity index (χ1) is 13.7. The molecule has 29 heavy (non-hydrogen) atoms. The molecule has 0 spiro atoms. The molecule has 3 aromatic carbocycles. The minimum absolute atomic E-state index is 0.0456. The van der Waals surface area contributed by atoms with Gasteiger partial charge in [-0.05, 0) is 62.2 Å². The summed E-state index contributed by atoms with van der Waals surface area (Å²) in [6.45, 7) is 5.47. The third-order valence-corrected chi connectivity index (χ3v) is 6.33. The molecule has 5 nitrogen and oxygen atoms in total. The fourth-order valence-corrected chi connectivity index (χ4v) is 4.50. The highest BCUT2D eigenvalue weighted by Gasteiger charge is 2.20. The lowest BCUT2D eigenvalue weighted by atomic mass is 10.1. The standard InChI is InChI=1S/C22H21ClN2O3S/c1-14-8-11-19(16(3)12-14)25-29(27,28)21-13-17(10-9-15(21)2)22(26)24-20-7-5-4-6-18(20)23/h4-13,25H,1-3H3,(H,24,26). The van der Waals surface area contributed by atoms with Crippen LogP contribution in [0.1, 0.15) is 27.0 Å². The first-order valence-corrected chi connectivity index (χ1v) is 10.8. The highest BCUT2D eigenvalue weighted by atomic mass is 35.5. The molecule has 0 aliphatic heterocycles. The van der Waals surface area contributed by atoms with Crippen LogP contribution in [0.5, 0.6) is 0 Å². The maximum Gasteiger partial charge on any atom is 0.262 e. The molecule has 1 amide bonds. The summed E-state index contributed by atoms with van der Waals surface area (Å²) in [6.07, 6.45) is 0. The molecule has 0 aliphatic rings. The van der Waals surface area contributed by atoms with Crippen molar-refractivity contribution in [2.24, 2.45) is 0 Å². The van der Waals surface area contributed by atoms with Crippen LogP contribution in [0.25, 0.3) is 0 Å². The molecule has 7 heteroatoms. The van der Waals surface area contributed by atoms with Crippen LogP contribution < -0.4 is 10.0 Å². The number of anilines is 2. The number of amides is 1. The van der Waals surface area contributed by atoms with Crippen LogP contribution in [-0.4, -0.2) is 14.3 Å². The number of hydrogen-bond acceptors (Lipinski definition) is 3. The number of nitrogens with one attached hydrogen (secondary N) is 2. The molecule has 3 aromatic rings. The summed E-state index contributed by atoms with van der Waals surface area (Å²) in [5, 5.41) is 3.10. The molecule has 0 unspecified atom stereocenters. The van der Waals surface area contributed by atoms with E-state index in [0.717, 1.165) is 11.1 Å². The van der Waals surface area contributed by atoms with Gasteiger partial charge in [-0.25, -0.2) is 8.42 Å². The Kier molecular flexibility index (Phi) is 5.96. The third kappa shape index (κ3) is 4.78. The Morgan fingerprint density at radius 1 is 0.862 bits per heavy atom. The molecule has 0 bridgehead atoms. The predicted molar refractivity (Wildman–Crippen MR) is 117 cm³/mol. The van der Waals surface area contributed by atoms with Crippen molar-refractivity contribution in [3.63, 3.8) is 0 Å². The van der Waals surface area contributed by atoms with Gasteiger partial charge in [0, 0.05) is 5.56 Å². The van der Waals surface area contributed by atoms with Crippen molar-refractivity contribution in [3.05, 3.63) is 87.9 Å². The molecule has 150 valence electrons. The first-order valence-electron chi connectivity index (χ1n) is 8.94. The zero-order valence-electron chi connectivity index (χ0n) is 16.3. The molecule has 0 fully saturated rings. The highest BCUT2D eigenvalue weighted by Crippen LogP contribution is 2.25. The number of hydrogen-bond donors (Lipinski definition) is 2.